The molecular formula is C23H30N6O2. The number of carboxylic acids is 1. The molecule has 1 atom stereocenters. The van der Waals surface area contributed by atoms with Gasteiger partial charge in [0.2, 0.25) is 5.95 Å². The highest BCUT2D eigenvalue weighted by molar-refractivity contribution is 5.74. The molecule has 1 aromatic carbocycles. The van der Waals surface area contributed by atoms with Crippen molar-refractivity contribution in [1.82, 2.24) is 19.9 Å². The molecule has 0 amide bonds. The number of carbonyl (C=O) groups is 1. The molecule has 8 nitrogen and oxygen atoms in total. The molecule has 31 heavy (non-hydrogen) atoms. The number of hydrogen-bond acceptors (Lipinski definition) is 7. The van der Waals surface area contributed by atoms with Crippen molar-refractivity contribution >= 4 is 28.8 Å². The highest BCUT2D eigenvalue weighted by Crippen LogP contribution is 2.26. The molecule has 2 heterocycles. The number of rotatable bonds is 12. The third-order valence-corrected chi connectivity index (χ3v) is 5.18. The quantitative estimate of drug-likeness (QED) is 0.371. The number of para-hydroxylation sites is 2. The SMILES string of the molecule is CCNc1nc(N)cc(CCCCCC[C@@H](CC(=O)O)c2cnc3ccccc3n2)n1. The number of aromatic nitrogens is 4. The predicted octanol–water partition coefficient (Wildman–Crippen LogP) is 4.19. The maximum Gasteiger partial charge on any atom is 0.304 e. The van der Waals surface area contributed by atoms with Gasteiger partial charge in [-0.2, -0.15) is 4.98 Å². The summed E-state index contributed by atoms with van der Waals surface area (Å²) < 4.78 is 0. The fraction of sp³-hybridized carbons (Fsp3) is 0.435. The first-order valence-corrected chi connectivity index (χ1v) is 10.9. The number of anilines is 2. The van der Waals surface area contributed by atoms with E-state index in [9.17, 15) is 9.90 Å². The van der Waals surface area contributed by atoms with E-state index in [4.69, 9.17) is 5.73 Å². The standard InChI is InChI=1S/C23H30N6O2/c1-2-25-23-27-17(14-21(24)29-23)10-6-4-3-5-9-16(13-22(30)31)20-15-26-18-11-7-8-12-19(18)28-20/h7-8,11-12,14-16H,2-6,9-10,13H2,1H3,(H,30,31)(H3,24,25,27,29)/t16-/m0/s1. The Morgan fingerprint density at radius 3 is 2.65 bits per heavy atom. The summed E-state index contributed by atoms with van der Waals surface area (Å²) in [4.78, 5) is 29.1. The van der Waals surface area contributed by atoms with Gasteiger partial charge in [-0.05, 0) is 38.3 Å². The van der Waals surface area contributed by atoms with Crippen molar-refractivity contribution in [3.05, 3.63) is 47.9 Å². The second-order valence-corrected chi connectivity index (χ2v) is 7.67. The van der Waals surface area contributed by atoms with Crippen molar-refractivity contribution in [2.45, 2.75) is 57.8 Å². The highest BCUT2D eigenvalue weighted by Gasteiger charge is 2.17. The zero-order chi connectivity index (χ0) is 22.1. The van der Waals surface area contributed by atoms with Gasteiger partial charge in [0.05, 0.1) is 23.1 Å². The first kappa shape index (κ1) is 22.4. The van der Waals surface area contributed by atoms with E-state index in [0.29, 0.717) is 11.8 Å². The van der Waals surface area contributed by atoms with Crippen LogP contribution < -0.4 is 11.1 Å². The van der Waals surface area contributed by atoms with E-state index in [-0.39, 0.29) is 12.3 Å². The lowest BCUT2D eigenvalue weighted by Gasteiger charge is -2.14. The number of aliphatic carboxylic acids is 1. The number of fused-ring (bicyclic) bond motifs is 1. The molecule has 0 radical (unpaired) electrons. The first-order valence-electron chi connectivity index (χ1n) is 10.9. The zero-order valence-electron chi connectivity index (χ0n) is 17.9. The number of nitrogens with zero attached hydrogens (tertiary/aromatic N) is 4. The molecule has 0 unspecified atom stereocenters. The van der Waals surface area contributed by atoms with Gasteiger partial charge < -0.3 is 16.2 Å². The minimum atomic E-state index is -0.808. The van der Waals surface area contributed by atoms with E-state index in [0.717, 1.165) is 67.5 Å². The number of nitrogen functional groups attached to an aromatic ring is 1. The summed E-state index contributed by atoms with van der Waals surface area (Å²) in [7, 11) is 0. The largest absolute Gasteiger partial charge is 0.481 e. The van der Waals surface area contributed by atoms with Crippen molar-refractivity contribution in [1.29, 1.82) is 0 Å². The summed E-state index contributed by atoms with van der Waals surface area (Å²) in [5.74, 6) is 0.121. The summed E-state index contributed by atoms with van der Waals surface area (Å²) in [6.07, 6.45) is 7.44. The molecule has 3 aromatic rings. The van der Waals surface area contributed by atoms with Crippen LogP contribution in [0.3, 0.4) is 0 Å². The number of unbranched alkanes of at least 4 members (excludes halogenated alkanes) is 3. The van der Waals surface area contributed by atoms with Gasteiger partial charge in [0.15, 0.2) is 0 Å². The monoisotopic (exact) mass is 422 g/mol. The average molecular weight is 423 g/mol. The van der Waals surface area contributed by atoms with Gasteiger partial charge in [0.25, 0.3) is 0 Å². The van der Waals surface area contributed by atoms with E-state index < -0.39 is 5.97 Å². The van der Waals surface area contributed by atoms with Crippen molar-refractivity contribution < 1.29 is 9.90 Å². The van der Waals surface area contributed by atoms with Gasteiger partial charge in [-0.1, -0.05) is 31.4 Å². The Labute approximate surface area is 182 Å². The summed E-state index contributed by atoms with van der Waals surface area (Å²) >= 11 is 0. The van der Waals surface area contributed by atoms with E-state index in [2.05, 4.69) is 25.3 Å². The minimum absolute atomic E-state index is 0.0699. The fourth-order valence-electron chi connectivity index (χ4n) is 3.67. The lowest BCUT2D eigenvalue weighted by Crippen LogP contribution is -2.09. The van der Waals surface area contributed by atoms with Crippen LogP contribution in [0.15, 0.2) is 36.5 Å². The Kier molecular flexibility index (Phi) is 8.09. The van der Waals surface area contributed by atoms with Crippen molar-refractivity contribution in [3.63, 3.8) is 0 Å². The topological polar surface area (TPSA) is 127 Å². The summed E-state index contributed by atoms with van der Waals surface area (Å²) in [5, 5.41) is 12.4. The number of benzene rings is 1. The molecule has 0 bridgehead atoms. The fourth-order valence-corrected chi connectivity index (χ4v) is 3.67. The third kappa shape index (κ3) is 6.87. The highest BCUT2D eigenvalue weighted by atomic mass is 16.4. The maximum atomic E-state index is 11.4. The lowest BCUT2D eigenvalue weighted by molar-refractivity contribution is -0.137. The molecule has 2 aromatic heterocycles. The molecule has 0 saturated heterocycles. The van der Waals surface area contributed by atoms with Crippen LogP contribution in [-0.4, -0.2) is 37.6 Å². The summed E-state index contributed by atoms with van der Waals surface area (Å²) in [6.45, 7) is 2.75. The average Bonchev–Trinajstić information content (AvgIpc) is 2.74. The van der Waals surface area contributed by atoms with Crippen LogP contribution in [-0.2, 0) is 11.2 Å². The van der Waals surface area contributed by atoms with Gasteiger partial charge >= 0.3 is 5.97 Å². The Balaban J connectivity index is 1.49. The Bertz CT molecular complexity index is 1010. The van der Waals surface area contributed by atoms with Crippen LogP contribution in [0.25, 0.3) is 11.0 Å². The zero-order valence-corrected chi connectivity index (χ0v) is 17.9. The molecule has 164 valence electrons. The van der Waals surface area contributed by atoms with E-state index in [1.165, 1.54) is 0 Å². The predicted molar refractivity (Wildman–Crippen MR) is 122 cm³/mol. The van der Waals surface area contributed by atoms with Crippen LogP contribution in [0, 0.1) is 0 Å². The van der Waals surface area contributed by atoms with Crippen LogP contribution in [0.2, 0.25) is 0 Å². The van der Waals surface area contributed by atoms with Crippen LogP contribution >= 0.6 is 0 Å². The molecule has 4 N–H and O–H groups in total. The number of aryl methyl sites for hydroxylation is 1. The van der Waals surface area contributed by atoms with Crippen molar-refractivity contribution in [2.24, 2.45) is 0 Å². The molecule has 0 fully saturated rings. The number of hydrogen-bond donors (Lipinski definition) is 3. The second-order valence-electron chi connectivity index (χ2n) is 7.67. The van der Waals surface area contributed by atoms with Crippen molar-refractivity contribution in [2.75, 3.05) is 17.6 Å². The Morgan fingerprint density at radius 2 is 1.87 bits per heavy atom. The van der Waals surface area contributed by atoms with Gasteiger partial charge in [0, 0.05) is 30.4 Å². The maximum absolute atomic E-state index is 11.4. The Hall–Kier alpha value is -3.29. The molecule has 0 spiro atoms. The third-order valence-electron chi connectivity index (χ3n) is 5.18. The van der Waals surface area contributed by atoms with E-state index in [1.807, 2.05) is 37.3 Å². The summed E-state index contributed by atoms with van der Waals surface area (Å²) in [6, 6.07) is 9.47. The molecular weight excluding hydrogens is 392 g/mol. The van der Waals surface area contributed by atoms with Crippen molar-refractivity contribution in [3.8, 4) is 0 Å². The second kappa shape index (κ2) is 11.2. The minimum Gasteiger partial charge on any atom is -0.481 e. The number of nitrogens with one attached hydrogen (secondary N) is 1. The normalized spacial score (nSPS) is 12.0. The number of carboxylic acid groups (broad SMARTS) is 1. The van der Waals surface area contributed by atoms with Crippen LogP contribution in [0.4, 0.5) is 11.8 Å². The van der Waals surface area contributed by atoms with Gasteiger partial charge in [-0.25, -0.2) is 9.97 Å². The summed E-state index contributed by atoms with van der Waals surface area (Å²) in [5.41, 5.74) is 9.18. The molecule has 0 aliphatic carbocycles. The Morgan fingerprint density at radius 1 is 1.10 bits per heavy atom. The first-order chi connectivity index (χ1) is 15.0. The van der Waals surface area contributed by atoms with E-state index >= 15 is 0 Å². The molecule has 0 aliphatic rings. The molecule has 8 heteroatoms. The van der Waals surface area contributed by atoms with E-state index in [1.54, 1.807) is 6.20 Å². The van der Waals surface area contributed by atoms with Crippen LogP contribution in [0.5, 0.6) is 0 Å². The number of nitrogens with two attached hydrogens (primary N) is 1. The van der Waals surface area contributed by atoms with Gasteiger partial charge in [-0.15, -0.1) is 0 Å². The lowest BCUT2D eigenvalue weighted by atomic mass is 9.94. The molecule has 0 aliphatic heterocycles. The molecule has 3 rings (SSSR count). The van der Waals surface area contributed by atoms with Crippen LogP contribution in [0.1, 0.15) is 62.8 Å². The smallest absolute Gasteiger partial charge is 0.304 e. The van der Waals surface area contributed by atoms with Gasteiger partial charge in [-0.3, -0.25) is 9.78 Å². The van der Waals surface area contributed by atoms with Gasteiger partial charge in [0.1, 0.15) is 5.82 Å². The molecule has 0 saturated carbocycles.